The quantitative estimate of drug-likeness (QED) is 0.630. The summed E-state index contributed by atoms with van der Waals surface area (Å²) in [6, 6.07) is 9.11. The number of benzene rings is 1. The van der Waals surface area contributed by atoms with Crippen molar-refractivity contribution < 1.29 is 14.3 Å². The molecule has 0 aliphatic heterocycles. The Morgan fingerprint density at radius 3 is 2.77 bits per heavy atom. The van der Waals surface area contributed by atoms with E-state index in [1.807, 2.05) is 12.1 Å². The van der Waals surface area contributed by atoms with Gasteiger partial charge in [0.15, 0.2) is 0 Å². The van der Waals surface area contributed by atoms with Crippen LogP contribution in [-0.4, -0.2) is 32.2 Å². The molecule has 3 N–H and O–H groups in total. The molecular weight excluding hydrogens is 337 g/mol. The van der Waals surface area contributed by atoms with E-state index in [9.17, 15) is 14.3 Å². The van der Waals surface area contributed by atoms with Crippen LogP contribution in [0, 0.1) is 5.82 Å². The fourth-order valence-corrected chi connectivity index (χ4v) is 2.36. The van der Waals surface area contributed by atoms with Crippen molar-refractivity contribution in [1.82, 2.24) is 25.2 Å². The molecule has 0 bridgehead atoms. The molecule has 0 saturated carbocycles. The third kappa shape index (κ3) is 4.42. The number of halogens is 1. The molecule has 134 valence electrons. The van der Waals surface area contributed by atoms with E-state index in [1.165, 1.54) is 18.2 Å². The Labute approximate surface area is 149 Å². The van der Waals surface area contributed by atoms with E-state index in [2.05, 4.69) is 20.6 Å². The number of aromatic nitrogens is 3. The molecule has 2 heterocycles. The Balaban J connectivity index is 1.46. The number of imidazole rings is 1. The molecule has 26 heavy (non-hydrogen) atoms. The molecule has 0 saturated heterocycles. The summed E-state index contributed by atoms with van der Waals surface area (Å²) < 4.78 is 15.3. The number of carbonyl (C=O) groups is 1. The minimum Gasteiger partial charge on any atom is -0.386 e. The van der Waals surface area contributed by atoms with Gasteiger partial charge in [0, 0.05) is 37.2 Å². The molecule has 2 amide bonds. The Morgan fingerprint density at radius 1 is 1.23 bits per heavy atom. The first-order valence-electron chi connectivity index (χ1n) is 8.01. The van der Waals surface area contributed by atoms with Gasteiger partial charge in [0.2, 0.25) is 0 Å². The first kappa shape index (κ1) is 17.6. The van der Waals surface area contributed by atoms with Crippen LogP contribution in [-0.2, 0) is 6.54 Å². The number of aliphatic hydroxyl groups is 1. The molecular formula is C18H18FN5O2. The third-order valence-electron chi connectivity index (χ3n) is 3.75. The standard InChI is InChI=1S/C18H18FN5O2/c19-15-4-2-1-3-14(15)16(25)11-23-18(26)22-10-13-5-6-17(21-9-13)24-8-7-20-12-24/h1-9,12,16,25H,10-11H2,(H2,22,23,26). The highest BCUT2D eigenvalue weighted by atomic mass is 19.1. The van der Waals surface area contributed by atoms with Crippen molar-refractivity contribution in [3.8, 4) is 5.82 Å². The lowest BCUT2D eigenvalue weighted by atomic mass is 10.1. The fourth-order valence-electron chi connectivity index (χ4n) is 2.36. The fraction of sp³-hybridized carbons (Fsp3) is 0.167. The average molecular weight is 355 g/mol. The summed E-state index contributed by atoms with van der Waals surface area (Å²) in [6.07, 6.45) is 5.64. The van der Waals surface area contributed by atoms with Crippen LogP contribution in [0.15, 0.2) is 61.3 Å². The third-order valence-corrected chi connectivity index (χ3v) is 3.75. The largest absolute Gasteiger partial charge is 0.386 e. The van der Waals surface area contributed by atoms with Gasteiger partial charge in [-0.2, -0.15) is 0 Å². The minimum atomic E-state index is -1.11. The molecule has 0 radical (unpaired) electrons. The Morgan fingerprint density at radius 2 is 2.08 bits per heavy atom. The second-order valence-electron chi connectivity index (χ2n) is 5.60. The van der Waals surface area contributed by atoms with Crippen LogP contribution in [0.3, 0.4) is 0 Å². The maximum absolute atomic E-state index is 13.6. The van der Waals surface area contributed by atoms with E-state index in [1.54, 1.807) is 35.6 Å². The van der Waals surface area contributed by atoms with Crippen LogP contribution < -0.4 is 10.6 Å². The number of hydrogen-bond donors (Lipinski definition) is 3. The Kier molecular flexibility index (Phi) is 5.55. The molecule has 0 spiro atoms. The smallest absolute Gasteiger partial charge is 0.315 e. The van der Waals surface area contributed by atoms with Crippen LogP contribution in [0.4, 0.5) is 9.18 Å². The number of hydrogen-bond acceptors (Lipinski definition) is 4. The number of amides is 2. The van der Waals surface area contributed by atoms with Crippen molar-refractivity contribution in [2.75, 3.05) is 6.54 Å². The van der Waals surface area contributed by atoms with Gasteiger partial charge < -0.3 is 15.7 Å². The second kappa shape index (κ2) is 8.21. The zero-order valence-corrected chi connectivity index (χ0v) is 13.8. The number of carbonyl (C=O) groups excluding carboxylic acids is 1. The van der Waals surface area contributed by atoms with E-state index in [4.69, 9.17) is 0 Å². The predicted molar refractivity (Wildman–Crippen MR) is 93.0 cm³/mol. The summed E-state index contributed by atoms with van der Waals surface area (Å²) in [4.78, 5) is 20.1. The first-order valence-corrected chi connectivity index (χ1v) is 8.01. The maximum Gasteiger partial charge on any atom is 0.315 e. The van der Waals surface area contributed by atoms with Gasteiger partial charge in [-0.25, -0.2) is 19.2 Å². The van der Waals surface area contributed by atoms with Crippen LogP contribution in [0.1, 0.15) is 17.2 Å². The summed E-state index contributed by atoms with van der Waals surface area (Å²) in [5.74, 6) is 0.218. The number of aliphatic hydroxyl groups excluding tert-OH is 1. The molecule has 0 fully saturated rings. The van der Waals surface area contributed by atoms with Crippen LogP contribution >= 0.6 is 0 Å². The number of rotatable bonds is 6. The average Bonchev–Trinajstić information content (AvgIpc) is 3.20. The zero-order valence-electron chi connectivity index (χ0n) is 13.8. The highest BCUT2D eigenvalue weighted by Crippen LogP contribution is 2.15. The van der Waals surface area contributed by atoms with Crippen molar-refractivity contribution in [2.24, 2.45) is 0 Å². The summed E-state index contributed by atoms with van der Waals surface area (Å²) in [5.41, 5.74) is 0.964. The van der Waals surface area contributed by atoms with Crippen LogP contribution in [0.2, 0.25) is 0 Å². The van der Waals surface area contributed by atoms with E-state index >= 15 is 0 Å². The van der Waals surface area contributed by atoms with Gasteiger partial charge in [-0.05, 0) is 17.7 Å². The van der Waals surface area contributed by atoms with Gasteiger partial charge in [0.05, 0.1) is 6.10 Å². The predicted octanol–water partition coefficient (Wildman–Crippen LogP) is 1.94. The summed E-state index contributed by atoms with van der Waals surface area (Å²) in [5, 5.41) is 15.1. The normalized spacial score (nSPS) is 11.8. The van der Waals surface area contributed by atoms with Crippen molar-refractivity contribution in [3.63, 3.8) is 0 Å². The van der Waals surface area contributed by atoms with E-state index in [0.29, 0.717) is 0 Å². The van der Waals surface area contributed by atoms with Crippen molar-refractivity contribution >= 4 is 6.03 Å². The van der Waals surface area contributed by atoms with Crippen molar-refractivity contribution in [2.45, 2.75) is 12.6 Å². The van der Waals surface area contributed by atoms with Crippen LogP contribution in [0.25, 0.3) is 5.82 Å². The number of nitrogens with zero attached hydrogens (tertiary/aromatic N) is 3. The summed E-state index contributed by atoms with van der Waals surface area (Å²) >= 11 is 0. The number of nitrogens with one attached hydrogen (secondary N) is 2. The summed E-state index contributed by atoms with van der Waals surface area (Å²) in [7, 11) is 0. The van der Waals surface area contributed by atoms with E-state index < -0.39 is 18.0 Å². The molecule has 3 aromatic rings. The Bertz CT molecular complexity index is 852. The molecule has 8 heteroatoms. The van der Waals surface area contributed by atoms with Gasteiger partial charge in [-0.1, -0.05) is 24.3 Å². The van der Waals surface area contributed by atoms with E-state index in [-0.39, 0.29) is 18.7 Å². The van der Waals surface area contributed by atoms with Crippen molar-refractivity contribution in [1.29, 1.82) is 0 Å². The molecule has 2 aromatic heterocycles. The lowest BCUT2D eigenvalue weighted by Crippen LogP contribution is -2.37. The highest BCUT2D eigenvalue weighted by Gasteiger charge is 2.13. The Hall–Kier alpha value is -3.26. The zero-order chi connectivity index (χ0) is 18.4. The molecule has 1 aromatic carbocycles. The lowest BCUT2D eigenvalue weighted by molar-refractivity contribution is 0.169. The molecule has 3 rings (SSSR count). The van der Waals surface area contributed by atoms with E-state index in [0.717, 1.165) is 11.4 Å². The van der Waals surface area contributed by atoms with Gasteiger partial charge in [0.25, 0.3) is 0 Å². The molecule has 0 aliphatic carbocycles. The van der Waals surface area contributed by atoms with Gasteiger partial charge in [0.1, 0.15) is 18.0 Å². The van der Waals surface area contributed by atoms with Crippen molar-refractivity contribution in [3.05, 3.63) is 78.3 Å². The first-order chi connectivity index (χ1) is 12.6. The van der Waals surface area contributed by atoms with Crippen LogP contribution in [0.5, 0.6) is 0 Å². The monoisotopic (exact) mass is 355 g/mol. The number of urea groups is 1. The second-order valence-corrected chi connectivity index (χ2v) is 5.60. The summed E-state index contributed by atoms with van der Waals surface area (Å²) in [6.45, 7) is 0.184. The highest BCUT2D eigenvalue weighted by molar-refractivity contribution is 5.73. The number of pyridine rings is 1. The maximum atomic E-state index is 13.6. The molecule has 0 aliphatic rings. The topological polar surface area (TPSA) is 92.1 Å². The lowest BCUT2D eigenvalue weighted by Gasteiger charge is -2.13. The SMILES string of the molecule is O=C(NCc1ccc(-n2ccnc2)nc1)NCC(O)c1ccccc1F. The van der Waals surface area contributed by atoms with Gasteiger partial charge >= 0.3 is 6.03 Å². The molecule has 7 nitrogen and oxygen atoms in total. The minimum absolute atomic E-state index is 0.0927. The van der Waals surface area contributed by atoms with Gasteiger partial charge in [-0.3, -0.25) is 4.57 Å². The molecule has 1 unspecified atom stereocenters. The molecule has 1 atom stereocenters. The van der Waals surface area contributed by atoms with Gasteiger partial charge in [-0.15, -0.1) is 0 Å².